The predicted octanol–water partition coefficient (Wildman–Crippen LogP) is 5.44. The second-order valence-corrected chi connectivity index (χ2v) is 7.14. The van der Waals surface area contributed by atoms with Gasteiger partial charge in [-0.2, -0.15) is 0 Å². The van der Waals surface area contributed by atoms with E-state index in [1.165, 1.54) is 11.1 Å². The van der Waals surface area contributed by atoms with Crippen molar-refractivity contribution >= 4 is 15.9 Å². The molecule has 0 spiro atoms. The summed E-state index contributed by atoms with van der Waals surface area (Å²) in [4.78, 5) is 0. The highest BCUT2D eigenvalue weighted by molar-refractivity contribution is 9.10. The summed E-state index contributed by atoms with van der Waals surface area (Å²) in [5.41, 5.74) is 4.65. The van der Waals surface area contributed by atoms with Gasteiger partial charge < -0.3 is 0 Å². The van der Waals surface area contributed by atoms with Crippen molar-refractivity contribution in [2.45, 2.75) is 33.6 Å². The van der Waals surface area contributed by atoms with E-state index in [-0.39, 0.29) is 0 Å². The van der Waals surface area contributed by atoms with Gasteiger partial charge in [0.2, 0.25) is 0 Å². The molecule has 0 aliphatic carbocycles. The van der Waals surface area contributed by atoms with Crippen molar-refractivity contribution in [3.8, 4) is 17.1 Å². The Labute approximate surface area is 145 Å². The second-order valence-electron chi connectivity index (χ2n) is 6.23. The van der Waals surface area contributed by atoms with Crippen LogP contribution in [0.3, 0.4) is 0 Å². The Kier molecular flexibility index (Phi) is 4.35. The Bertz CT molecular complexity index is 829. The molecule has 0 amide bonds. The summed E-state index contributed by atoms with van der Waals surface area (Å²) < 4.78 is 3.21. The van der Waals surface area contributed by atoms with Gasteiger partial charge in [0.05, 0.1) is 0 Å². The summed E-state index contributed by atoms with van der Waals surface area (Å²) >= 11 is 3.54. The lowest BCUT2D eigenvalue weighted by Crippen LogP contribution is -2.05. The van der Waals surface area contributed by atoms with E-state index in [2.05, 4.69) is 88.7 Å². The van der Waals surface area contributed by atoms with Crippen LogP contribution in [0.15, 0.2) is 46.9 Å². The van der Waals surface area contributed by atoms with Gasteiger partial charge in [0.1, 0.15) is 5.82 Å². The molecule has 1 heterocycles. The number of hydrogen-bond donors (Lipinski definition) is 0. The van der Waals surface area contributed by atoms with Crippen molar-refractivity contribution in [3.63, 3.8) is 0 Å². The molecular weight excluding hydrogens is 350 g/mol. The van der Waals surface area contributed by atoms with Crippen LogP contribution in [-0.2, 0) is 0 Å². The molecule has 0 fully saturated rings. The Morgan fingerprint density at radius 1 is 0.957 bits per heavy atom. The van der Waals surface area contributed by atoms with E-state index >= 15 is 0 Å². The summed E-state index contributed by atoms with van der Waals surface area (Å²) in [6.07, 6.45) is 0. The maximum atomic E-state index is 4.48. The van der Waals surface area contributed by atoms with Crippen LogP contribution in [0.2, 0.25) is 0 Å². The number of nitrogens with zero attached hydrogens (tertiary/aromatic N) is 3. The number of halogens is 1. The zero-order valence-corrected chi connectivity index (χ0v) is 15.4. The maximum Gasteiger partial charge on any atom is 0.168 e. The van der Waals surface area contributed by atoms with Gasteiger partial charge in [-0.3, -0.25) is 4.57 Å². The molecule has 0 atom stereocenters. The Morgan fingerprint density at radius 2 is 1.65 bits per heavy atom. The molecule has 4 heteroatoms. The van der Waals surface area contributed by atoms with Gasteiger partial charge in [0.15, 0.2) is 5.82 Å². The molecule has 0 aliphatic rings. The van der Waals surface area contributed by atoms with Crippen molar-refractivity contribution in [2.75, 3.05) is 0 Å². The summed E-state index contributed by atoms with van der Waals surface area (Å²) in [7, 11) is 0. The zero-order chi connectivity index (χ0) is 16.6. The first-order valence-electron chi connectivity index (χ1n) is 7.75. The monoisotopic (exact) mass is 369 g/mol. The van der Waals surface area contributed by atoms with Gasteiger partial charge in [-0.25, -0.2) is 0 Å². The average Bonchev–Trinajstić information content (AvgIpc) is 2.91. The number of aromatic nitrogens is 3. The van der Waals surface area contributed by atoms with Crippen LogP contribution in [0.1, 0.15) is 36.7 Å². The SMILES string of the molecule is Cc1cc(C)cc(-n2c(-c3cccc(Br)c3)nnc2C(C)C)c1. The van der Waals surface area contributed by atoms with Crippen molar-refractivity contribution in [2.24, 2.45) is 0 Å². The third-order valence-electron chi connectivity index (χ3n) is 3.75. The average molecular weight is 370 g/mol. The van der Waals surface area contributed by atoms with E-state index in [1.54, 1.807) is 0 Å². The molecule has 3 rings (SSSR count). The van der Waals surface area contributed by atoms with E-state index in [1.807, 2.05) is 12.1 Å². The fraction of sp³-hybridized carbons (Fsp3) is 0.263. The van der Waals surface area contributed by atoms with Crippen molar-refractivity contribution in [1.29, 1.82) is 0 Å². The fourth-order valence-electron chi connectivity index (χ4n) is 2.82. The molecule has 2 aromatic carbocycles. The molecule has 1 aromatic heterocycles. The highest BCUT2D eigenvalue weighted by atomic mass is 79.9. The molecular formula is C19H20BrN3. The summed E-state index contributed by atoms with van der Waals surface area (Å²) in [5, 5.41) is 8.93. The molecule has 0 radical (unpaired) electrons. The Balaban J connectivity index is 2.27. The molecule has 0 aliphatic heterocycles. The smallest absolute Gasteiger partial charge is 0.168 e. The molecule has 0 saturated carbocycles. The van der Waals surface area contributed by atoms with Crippen LogP contribution in [-0.4, -0.2) is 14.8 Å². The van der Waals surface area contributed by atoms with Crippen LogP contribution in [0.25, 0.3) is 17.1 Å². The van der Waals surface area contributed by atoms with Crippen LogP contribution >= 0.6 is 15.9 Å². The number of hydrogen-bond acceptors (Lipinski definition) is 2. The Morgan fingerprint density at radius 3 is 2.26 bits per heavy atom. The third-order valence-corrected chi connectivity index (χ3v) is 4.25. The summed E-state index contributed by atoms with van der Waals surface area (Å²) in [6, 6.07) is 14.7. The normalized spacial score (nSPS) is 11.2. The number of benzene rings is 2. The highest BCUT2D eigenvalue weighted by Gasteiger charge is 2.18. The van der Waals surface area contributed by atoms with E-state index < -0.39 is 0 Å². The lowest BCUT2D eigenvalue weighted by atomic mass is 10.1. The van der Waals surface area contributed by atoms with E-state index in [9.17, 15) is 0 Å². The number of aryl methyl sites for hydroxylation is 2. The molecule has 0 N–H and O–H groups in total. The van der Waals surface area contributed by atoms with Gasteiger partial charge in [-0.15, -0.1) is 10.2 Å². The topological polar surface area (TPSA) is 30.7 Å². The molecule has 0 bridgehead atoms. The maximum absolute atomic E-state index is 4.48. The molecule has 3 nitrogen and oxygen atoms in total. The van der Waals surface area contributed by atoms with Crippen molar-refractivity contribution in [3.05, 3.63) is 63.9 Å². The van der Waals surface area contributed by atoms with Gasteiger partial charge in [-0.05, 0) is 49.2 Å². The van der Waals surface area contributed by atoms with Gasteiger partial charge in [0, 0.05) is 21.6 Å². The lowest BCUT2D eigenvalue weighted by molar-refractivity contribution is 0.746. The van der Waals surface area contributed by atoms with Crippen LogP contribution < -0.4 is 0 Å². The van der Waals surface area contributed by atoms with Gasteiger partial charge in [0.25, 0.3) is 0 Å². The minimum atomic E-state index is 0.296. The molecule has 0 unspecified atom stereocenters. The van der Waals surface area contributed by atoms with Crippen molar-refractivity contribution in [1.82, 2.24) is 14.8 Å². The largest absolute Gasteiger partial charge is 0.279 e. The Hall–Kier alpha value is -1.94. The first-order valence-corrected chi connectivity index (χ1v) is 8.55. The zero-order valence-electron chi connectivity index (χ0n) is 13.8. The lowest BCUT2D eigenvalue weighted by Gasteiger charge is -2.14. The first kappa shape index (κ1) is 15.9. The fourth-order valence-corrected chi connectivity index (χ4v) is 3.22. The second kappa shape index (κ2) is 6.28. The van der Waals surface area contributed by atoms with Crippen LogP contribution in [0.4, 0.5) is 0 Å². The third kappa shape index (κ3) is 3.22. The quantitative estimate of drug-likeness (QED) is 0.615. The number of rotatable bonds is 3. The van der Waals surface area contributed by atoms with E-state index in [0.717, 1.165) is 27.4 Å². The first-order chi connectivity index (χ1) is 11.0. The van der Waals surface area contributed by atoms with Crippen LogP contribution in [0, 0.1) is 13.8 Å². The van der Waals surface area contributed by atoms with E-state index in [4.69, 9.17) is 0 Å². The highest BCUT2D eigenvalue weighted by Crippen LogP contribution is 2.28. The molecule has 0 saturated heterocycles. The molecule has 23 heavy (non-hydrogen) atoms. The molecule has 3 aromatic rings. The summed E-state index contributed by atoms with van der Waals surface area (Å²) in [6.45, 7) is 8.53. The van der Waals surface area contributed by atoms with Crippen molar-refractivity contribution < 1.29 is 0 Å². The molecule has 118 valence electrons. The summed E-state index contributed by atoms with van der Waals surface area (Å²) in [5.74, 6) is 2.15. The predicted molar refractivity (Wildman–Crippen MR) is 98.1 cm³/mol. The van der Waals surface area contributed by atoms with Gasteiger partial charge >= 0.3 is 0 Å². The standard InChI is InChI=1S/C19H20BrN3/c1-12(2)18-21-22-19(15-6-5-7-16(20)11-15)23(18)17-9-13(3)8-14(4)10-17/h5-12H,1-4H3. The minimum Gasteiger partial charge on any atom is -0.279 e. The minimum absolute atomic E-state index is 0.296. The van der Waals surface area contributed by atoms with E-state index in [0.29, 0.717) is 5.92 Å². The van der Waals surface area contributed by atoms with Gasteiger partial charge in [-0.1, -0.05) is 48.0 Å². The van der Waals surface area contributed by atoms with Crippen LogP contribution in [0.5, 0.6) is 0 Å².